The quantitative estimate of drug-likeness (QED) is 0.458. The van der Waals surface area contributed by atoms with Crippen LogP contribution in [-0.2, 0) is 0 Å². The summed E-state index contributed by atoms with van der Waals surface area (Å²) >= 11 is 0. The molecule has 0 aromatic rings. The lowest BCUT2D eigenvalue weighted by Crippen LogP contribution is -2.00. The highest BCUT2D eigenvalue weighted by atomic mass is 14.7. The van der Waals surface area contributed by atoms with Crippen LogP contribution in [0.3, 0.4) is 0 Å². The molecule has 0 spiro atoms. The third-order valence-electron chi connectivity index (χ3n) is 2.79. The van der Waals surface area contributed by atoms with Gasteiger partial charge in [0, 0.05) is 6.20 Å². The van der Waals surface area contributed by atoms with Crippen LogP contribution in [0.25, 0.3) is 0 Å². The van der Waals surface area contributed by atoms with Gasteiger partial charge in [-0.3, -0.25) is 4.99 Å². The average molecular weight is 215 g/mol. The number of allylic oxidation sites excluding steroid dienone is 5. The van der Waals surface area contributed by atoms with E-state index in [1.165, 1.54) is 24.8 Å². The Morgan fingerprint density at radius 2 is 2.06 bits per heavy atom. The summed E-state index contributed by atoms with van der Waals surface area (Å²) in [5.74, 6) is 0.894. The molecule has 1 fully saturated rings. The molecule has 0 N–H and O–H groups in total. The maximum Gasteiger partial charge on any atom is 0.0697 e. The van der Waals surface area contributed by atoms with Crippen LogP contribution in [0.2, 0.25) is 0 Å². The van der Waals surface area contributed by atoms with Crippen molar-refractivity contribution in [1.29, 1.82) is 0 Å². The van der Waals surface area contributed by atoms with Gasteiger partial charge in [0.1, 0.15) is 0 Å². The average Bonchev–Trinajstić information content (AvgIpc) is 3.03. The van der Waals surface area contributed by atoms with Crippen LogP contribution in [0, 0.1) is 5.92 Å². The van der Waals surface area contributed by atoms with E-state index in [1.807, 2.05) is 25.2 Å². The monoisotopic (exact) mass is 215 g/mol. The summed E-state index contributed by atoms with van der Waals surface area (Å²) in [4.78, 5) is 4.30. The van der Waals surface area contributed by atoms with Gasteiger partial charge in [0.05, 0.1) is 5.71 Å². The summed E-state index contributed by atoms with van der Waals surface area (Å²) in [6, 6.07) is 0. The summed E-state index contributed by atoms with van der Waals surface area (Å²) < 4.78 is 0. The first-order valence-electron chi connectivity index (χ1n) is 5.86. The van der Waals surface area contributed by atoms with Crippen LogP contribution in [-0.4, -0.2) is 5.71 Å². The topological polar surface area (TPSA) is 12.4 Å². The van der Waals surface area contributed by atoms with Crippen molar-refractivity contribution in [1.82, 2.24) is 0 Å². The Balaban J connectivity index is 2.95. The maximum atomic E-state index is 4.30. The molecule has 0 aliphatic heterocycles. The first kappa shape index (κ1) is 12.7. The van der Waals surface area contributed by atoms with E-state index in [9.17, 15) is 0 Å². The largest absolute Gasteiger partial charge is 0.257 e. The van der Waals surface area contributed by atoms with Gasteiger partial charge in [-0.15, -0.1) is 0 Å². The lowest BCUT2D eigenvalue weighted by atomic mass is 9.99. The normalized spacial score (nSPS) is 18.5. The Labute approximate surface area is 99.0 Å². The zero-order valence-corrected chi connectivity index (χ0v) is 10.4. The van der Waals surface area contributed by atoms with E-state index >= 15 is 0 Å². The van der Waals surface area contributed by atoms with Gasteiger partial charge in [-0.25, -0.2) is 0 Å². The Bertz CT molecular complexity index is 352. The molecule has 86 valence electrons. The highest BCUT2D eigenvalue weighted by Gasteiger charge is 2.22. The SMILES string of the molecule is C=CN=C(/C=C\C)/C(C=C)=C(/C)CC1CC1. The minimum absolute atomic E-state index is 0.894. The fraction of sp³-hybridized carbons (Fsp3) is 0.400. The molecule has 1 rings (SSSR count). The van der Waals surface area contributed by atoms with Crippen molar-refractivity contribution < 1.29 is 0 Å². The molecule has 0 unspecified atom stereocenters. The molecule has 0 aromatic carbocycles. The second kappa shape index (κ2) is 6.26. The smallest absolute Gasteiger partial charge is 0.0697 e. The van der Waals surface area contributed by atoms with Crippen LogP contribution >= 0.6 is 0 Å². The van der Waals surface area contributed by atoms with Gasteiger partial charge in [0.15, 0.2) is 0 Å². The van der Waals surface area contributed by atoms with Crippen LogP contribution in [0.15, 0.2) is 53.7 Å². The van der Waals surface area contributed by atoms with Crippen molar-refractivity contribution in [2.24, 2.45) is 10.9 Å². The molecule has 1 heteroatoms. The van der Waals surface area contributed by atoms with Crippen LogP contribution in [0.5, 0.6) is 0 Å². The molecule has 1 aliphatic rings. The van der Waals surface area contributed by atoms with E-state index in [-0.39, 0.29) is 0 Å². The number of aliphatic imine (C=N–C) groups is 1. The molecule has 1 nitrogen and oxygen atoms in total. The van der Waals surface area contributed by atoms with Crippen molar-refractivity contribution in [2.75, 3.05) is 0 Å². The van der Waals surface area contributed by atoms with E-state index in [4.69, 9.17) is 0 Å². The minimum atomic E-state index is 0.894. The summed E-state index contributed by atoms with van der Waals surface area (Å²) in [6.07, 6.45) is 11.4. The lowest BCUT2D eigenvalue weighted by molar-refractivity contribution is 0.818. The minimum Gasteiger partial charge on any atom is -0.257 e. The second-order valence-electron chi connectivity index (χ2n) is 4.24. The fourth-order valence-electron chi connectivity index (χ4n) is 1.82. The van der Waals surface area contributed by atoms with E-state index in [1.54, 1.807) is 6.20 Å². The number of nitrogens with zero attached hydrogens (tertiary/aromatic N) is 1. The molecule has 0 radical (unpaired) electrons. The Hall–Kier alpha value is -1.37. The number of hydrogen-bond acceptors (Lipinski definition) is 1. The van der Waals surface area contributed by atoms with Crippen molar-refractivity contribution in [2.45, 2.75) is 33.1 Å². The van der Waals surface area contributed by atoms with Crippen LogP contribution in [0.1, 0.15) is 33.1 Å². The molecular formula is C15H21N. The molecule has 0 heterocycles. The predicted molar refractivity (Wildman–Crippen MR) is 72.7 cm³/mol. The summed E-state index contributed by atoms with van der Waals surface area (Å²) in [5.41, 5.74) is 3.51. The van der Waals surface area contributed by atoms with Gasteiger partial charge in [-0.05, 0) is 50.7 Å². The lowest BCUT2D eigenvalue weighted by Gasteiger charge is -2.08. The third kappa shape index (κ3) is 3.65. The number of hydrogen-bond donors (Lipinski definition) is 0. The van der Waals surface area contributed by atoms with Crippen molar-refractivity contribution >= 4 is 5.71 Å². The molecule has 1 aliphatic carbocycles. The third-order valence-corrected chi connectivity index (χ3v) is 2.79. The molecule has 0 saturated heterocycles. The van der Waals surface area contributed by atoms with E-state index < -0.39 is 0 Å². The standard InChI is InChI=1S/C15H21N/c1-5-8-15(16-7-3)14(6-2)12(4)11-13-9-10-13/h5-8,13H,2-3,9-11H2,1,4H3/b8-5-,14-12-,16-15?. The molecule has 0 bridgehead atoms. The van der Waals surface area contributed by atoms with Crippen molar-refractivity contribution in [3.05, 3.63) is 48.7 Å². The predicted octanol–water partition coefficient (Wildman–Crippen LogP) is 4.45. The highest BCUT2D eigenvalue weighted by molar-refractivity contribution is 6.11. The van der Waals surface area contributed by atoms with Crippen LogP contribution in [0.4, 0.5) is 0 Å². The molecule has 16 heavy (non-hydrogen) atoms. The summed E-state index contributed by atoms with van der Waals surface area (Å²) in [5, 5.41) is 0. The van der Waals surface area contributed by atoms with E-state index in [0.29, 0.717) is 0 Å². The van der Waals surface area contributed by atoms with Gasteiger partial charge < -0.3 is 0 Å². The van der Waals surface area contributed by atoms with E-state index in [0.717, 1.165) is 17.2 Å². The Morgan fingerprint density at radius 3 is 2.50 bits per heavy atom. The van der Waals surface area contributed by atoms with Crippen LogP contribution < -0.4 is 0 Å². The molecular weight excluding hydrogens is 194 g/mol. The molecule has 0 aromatic heterocycles. The molecule has 1 saturated carbocycles. The van der Waals surface area contributed by atoms with Gasteiger partial charge in [-0.1, -0.05) is 30.9 Å². The van der Waals surface area contributed by atoms with Gasteiger partial charge in [-0.2, -0.15) is 0 Å². The number of rotatable bonds is 6. The maximum absolute atomic E-state index is 4.30. The van der Waals surface area contributed by atoms with Crippen molar-refractivity contribution in [3.63, 3.8) is 0 Å². The van der Waals surface area contributed by atoms with Gasteiger partial charge in [0.25, 0.3) is 0 Å². The zero-order valence-electron chi connectivity index (χ0n) is 10.4. The molecule has 0 amide bonds. The highest BCUT2D eigenvalue weighted by Crippen LogP contribution is 2.36. The van der Waals surface area contributed by atoms with Gasteiger partial charge in [0.2, 0.25) is 0 Å². The fourth-order valence-corrected chi connectivity index (χ4v) is 1.82. The summed E-state index contributed by atoms with van der Waals surface area (Å²) in [6.45, 7) is 11.7. The second-order valence-corrected chi connectivity index (χ2v) is 4.24. The van der Waals surface area contributed by atoms with E-state index in [2.05, 4.69) is 25.1 Å². The Kier molecular flexibility index (Phi) is 4.97. The molecule has 0 atom stereocenters. The summed E-state index contributed by atoms with van der Waals surface area (Å²) in [7, 11) is 0. The van der Waals surface area contributed by atoms with Crippen molar-refractivity contribution in [3.8, 4) is 0 Å². The first-order chi connectivity index (χ1) is 7.72. The Morgan fingerprint density at radius 1 is 1.38 bits per heavy atom. The van der Waals surface area contributed by atoms with Gasteiger partial charge >= 0.3 is 0 Å². The first-order valence-corrected chi connectivity index (χ1v) is 5.86. The zero-order chi connectivity index (χ0) is 12.0.